The fourth-order valence-electron chi connectivity index (χ4n) is 1.66. The van der Waals surface area contributed by atoms with E-state index >= 15 is 0 Å². The standard InChI is InChI=1S/C14H23N3O3S/c1-4-5-6-15-14(20)17(8-7-16(2)3)12-9-11(10-21-12)13(18)19/h9-10H,4-8H2,1-3H3,(H,15,20)(H,18,19). The molecule has 0 atom stereocenters. The molecule has 0 unspecified atom stereocenters. The van der Waals surface area contributed by atoms with Gasteiger partial charge in [0.05, 0.1) is 10.6 Å². The fraction of sp³-hybridized carbons (Fsp3) is 0.571. The van der Waals surface area contributed by atoms with Crippen LogP contribution in [0.1, 0.15) is 30.1 Å². The van der Waals surface area contributed by atoms with Crippen molar-refractivity contribution in [2.45, 2.75) is 19.8 Å². The van der Waals surface area contributed by atoms with E-state index in [1.54, 1.807) is 16.3 Å². The second-order valence-electron chi connectivity index (χ2n) is 5.02. The van der Waals surface area contributed by atoms with Crippen molar-refractivity contribution in [3.05, 3.63) is 17.0 Å². The summed E-state index contributed by atoms with van der Waals surface area (Å²) in [6, 6.07) is 1.37. The normalized spacial score (nSPS) is 10.7. The molecule has 0 spiro atoms. The average Bonchev–Trinajstić information content (AvgIpc) is 2.88. The van der Waals surface area contributed by atoms with Crippen molar-refractivity contribution in [1.29, 1.82) is 0 Å². The van der Waals surface area contributed by atoms with Crippen LogP contribution in [0.4, 0.5) is 9.80 Å². The van der Waals surface area contributed by atoms with E-state index in [1.165, 1.54) is 11.3 Å². The van der Waals surface area contributed by atoms with E-state index in [9.17, 15) is 9.59 Å². The molecule has 2 N–H and O–H groups in total. The van der Waals surface area contributed by atoms with Crippen molar-refractivity contribution in [1.82, 2.24) is 10.2 Å². The van der Waals surface area contributed by atoms with Crippen LogP contribution >= 0.6 is 11.3 Å². The summed E-state index contributed by atoms with van der Waals surface area (Å²) in [5.74, 6) is -0.976. The first-order valence-electron chi connectivity index (χ1n) is 6.97. The fourth-order valence-corrected chi connectivity index (χ4v) is 2.57. The minimum atomic E-state index is -0.976. The largest absolute Gasteiger partial charge is 0.478 e. The van der Waals surface area contributed by atoms with Crippen molar-refractivity contribution in [2.24, 2.45) is 0 Å². The first-order chi connectivity index (χ1) is 9.95. The highest BCUT2D eigenvalue weighted by molar-refractivity contribution is 7.14. The van der Waals surface area contributed by atoms with Crippen LogP contribution in [0.5, 0.6) is 0 Å². The molecule has 1 aromatic heterocycles. The van der Waals surface area contributed by atoms with Crippen LogP contribution in [0.15, 0.2) is 11.4 Å². The Morgan fingerprint density at radius 1 is 1.33 bits per heavy atom. The number of thiophene rings is 1. The molecule has 1 rings (SSSR count). The SMILES string of the molecule is CCCCNC(=O)N(CCN(C)C)c1cc(C(=O)O)cs1. The Morgan fingerprint density at radius 3 is 2.57 bits per heavy atom. The van der Waals surface area contributed by atoms with Crippen molar-refractivity contribution >= 4 is 28.3 Å². The summed E-state index contributed by atoms with van der Waals surface area (Å²) in [4.78, 5) is 26.8. The molecule has 0 aliphatic carbocycles. The third-order valence-corrected chi connectivity index (χ3v) is 3.87. The number of anilines is 1. The van der Waals surface area contributed by atoms with E-state index in [4.69, 9.17) is 5.11 Å². The second kappa shape index (κ2) is 8.63. The molecule has 118 valence electrons. The molecule has 0 radical (unpaired) electrons. The first-order valence-corrected chi connectivity index (χ1v) is 7.85. The molecular formula is C14H23N3O3S. The summed E-state index contributed by atoms with van der Waals surface area (Å²) < 4.78 is 0. The summed E-state index contributed by atoms with van der Waals surface area (Å²) in [5, 5.41) is 14.1. The van der Waals surface area contributed by atoms with Crippen LogP contribution in [0.3, 0.4) is 0 Å². The minimum Gasteiger partial charge on any atom is -0.478 e. The highest BCUT2D eigenvalue weighted by atomic mass is 32.1. The molecule has 0 fully saturated rings. The van der Waals surface area contributed by atoms with Gasteiger partial charge in [0.15, 0.2) is 0 Å². The third-order valence-electron chi connectivity index (χ3n) is 2.92. The summed E-state index contributed by atoms with van der Waals surface area (Å²) >= 11 is 1.27. The van der Waals surface area contributed by atoms with Gasteiger partial charge in [0.2, 0.25) is 0 Å². The van der Waals surface area contributed by atoms with Crippen LogP contribution < -0.4 is 10.2 Å². The van der Waals surface area contributed by atoms with E-state index < -0.39 is 5.97 Å². The van der Waals surface area contributed by atoms with Gasteiger partial charge in [-0.3, -0.25) is 4.90 Å². The number of amides is 2. The zero-order valence-electron chi connectivity index (χ0n) is 12.8. The van der Waals surface area contributed by atoms with Gasteiger partial charge < -0.3 is 15.3 Å². The van der Waals surface area contributed by atoms with Crippen LogP contribution in [0, 0.1) is 0 Å². The Bertz CT molecular complexity index is 474. The molecule has 0 saturated carbocycles. The Labute approximate surface area is 129 Å². The average molecular weight is 313 g/mol. The molecule has 21 heavy (non-hydrogen) atoms. The lowest BCUT2D eigenvalue weighted by Crippen LogP contribution is -2.43. The molecule has 7 heteroatoms. The number of carbonyl (C=O) groups excluding carboxylic acids is 1. The topological polar surface area (TPSA) is 72.9 Å². The minimum absolute atomic E-state index is 0.177. The number of urea groups is 1. The van der Waals surface area contributed by atoms with Crippen LogP contribution in [-0.4, -0.2) is 55.7 Å². The number of hydrogen-bond donors (Lipinski definition) is 2. The van der Waals surface area contributed by atoms with Gasteiger partial charge in [-0.2, -0.15) is 0 Å². The maximum absolute atomic E-state index is 12.3. The maximum Gasteiger partial charge on any atom is 0.336 e. The van der Waals surface area contributed by atoms with E-state index in [2.05, 4.69) is 12.2 Å². The number of carboxylic acid groups (broad SMARTS) is 1. The number of unbranched alkanes of at least 4 members (excludes halogenated alkanes) is 1. The van der Waals surface area contributed by atoms with Crippen molar-refractivity contribution in [3.8, 4) is 0 Å². The molecule has 1 aromatic rings. The zero-order chi connectivity index (χ0) is 15.8. The zero-order valence-corrected chi connectivity index (χ0v) is 13.6. The number of likely N-dealkylation sites (N-methyl/N-ethyl adjacent to an activating group) is 1. The van der Waals surface area contributed by atoms with Gasteiger partial charge in [-0.25, -0.2) is 9.59 Å². The van der Waals surface area contributed by atoms with Gasteiger partial charge in [-0.15, -0.1) is 11.3 Å². The summed E-state index contributed by atoms with van der Waals surface area (Å²) in [7, 11) is 3.87. The van der Waals surface area contributed by atoms with Crippen LogP contribution in [0.25, 0.3) is 0 Å². The van der Waals surface area contributed by atoms with Gasteiger partial charge in [-0.1, -0.05) is 13.3 Å². The highest BCUT2D eigenvalue weighted by Gasteiger charge is 2.18. The smallest absolute Gasteiger partial charge is 0.336 e. The summed E-state index contributed by atoms with van der Waals surface area (Å²) in [5.41, 5.74) is 0.214. The predicted octanol–water partition coefficient (Wildman–Crippen LogP) is 2.32. The second-order valence-corrected chi connectivity index (χ2v) is 5.91. The highest BCUT2D eigenvalue weighted by Crippen LogP contribution is 2.25. The van der Waals surface area contributed by atoms with E-state index in [-0.39, 0.29) is 11.6 Å². The van der Waals surface area contributed by atoms with Gasteiger partial charge in [0.25, 0.3) is 0 Å². The number of carbonyl (C=O) groups is 2. The number of rotatable bonds is 8. The van der Waals surface area contributed by atoms with Crippen LogP contribution in [0.2, 0.25) is 0 Å². The van der Waals surface area contributed by atoms with E-state index in [1.807, 2.05) is 19.0 Å². The van der Waals surface area contributed by atoms with Gasteiger partial charge in [0, 0.05) is 25.0 Å². The molecule has 0 aliphatic heterocycles. The Kier molecular flexibility index (Phi) is 7.18. The number of aromatic carboxylic acids is 1. The van der Waals surface area contributed by atoms with Gasteiger partial charge in [-0.05, 0) is 26.6 Å². The van der Waals surface area contributed by atoms with Crippen molar-refractivity contribution in [3.63, 3.8) is 0 Å². The third kappa shape index (κ3) is 5.73. The monoisotopic (exact) mass is 313 g/mol. The first kappa shape index (κ1) is 17.5. The maximum atomic E-state index is 12.3. The lowest BCUT2D eigenvalue weighted by atomic mass is 10.3. The van der Waals surface area contributed by atoms with Gasteiger partial charge in [0.1, 0.15) is 0 Å². The van der Waals surface area contributed by atoms with E-state index in [0.717, 1.165) is 12.8 Å². The summed E-state index contributed by atoms with van der Waals surface area (Å²) in [6.45, 7) is 3.92. The van der Waals surface area contributed by atoms with Crippen molar-refractivity contribution < 1.29 is 14.7 Å². The Hall–Kier alpha value is -1.60. The predicted molar refractivity (Wildman–Crippen MR) is 85.5 cm³/mol. The molecule has 0 aliphatic rings. The number of carboxylic acids is 1. The van der Waals surface area contributed by atoms with Crippen LogP contribution in [-0.2, 0) is 0 Å². The number of nitrogens with zero attached hydrogens (tertiary/aromatic N) is 2. The Morgan fingerprint density at radius 2 is 2.05 bits per heavy atom. The molecular weight excluding hydrogens is 290 g/mol. The number of nitrogens with one attached hydrogen (secondary N) is 1. The molecule has 0 aromatic carbocycles. The lowest BCUT2D eigenvalue weighted by Gasteiger charge is -2.23. The molecule has 1 heterocycles. The number of hydrogen-bond acceptors (Lipinski definition) is 4. The molecule has 2 amide bonds. The van der Waals surface area contributed by atoms with Crippen molar-refractivity contribution in [2.75, 3.05) is 38.6 Å². The van der Waals surface area contributed by atoms with E-state index in [0.29, 0.717) is 24.6 Å². The molecule has 0 saturated heterocycles. The quantitative estimate of drug-likeness (QED) is 0.723. The lowest BCUT2D eigenvalue weighted by molar-refractivity contribution is 0.0697. The molecule has 6 nitrogen and oxygen atoms in total. The Balaban J connectivity index is 2.79. The van der Waals surface area contributed by atoms with Gasteiger partial charge >= 0.3 is 12.0 Å². The molecule has 0 bridgehead atoms. The summed E-state index contributed by atoms with van der Waals surface area (Å²) in [6.07, 6.45) is 1.94.